The highest BCUT2D eigenvalue weighted by Gasteiger charge is 2.17. The van der Waals surface area contributed by atoms with Gasteiger partial charge in [-0.05, 0) is 0 Å². The zero-order chi connectivity index (χ0) is 7.49. The summed E-state index contributed by atoms with van der Waals surface area (Å²) in [5, 5.41) is 0. The molecule has 0 radical (unpaired) electrons. The van der Waals surface area contributed by atoms with Crippen molar-refractivity contribution in [2.75, 3.05) is 14.2 Å². The van der Waals surface area contributed by atoms with Crippen LogP contribution in [0.15, 0.2) is 0 Å². The van der Waals surface area contributed by atoms with E-state index in [4.69, 9.17) is 0 Å². The first kappa shape index (κ1) is 8.62. The van der Waals surface area contributed by atoms with Crippen molar-refractivity contribution in [2.45, 2.75) is 0 Å². The summed E-state index contributed by atoms with van der Waals surface area (Å²) in [6, 6.07) is 0. The summed E-state index contributed by atoms with van der Waals surface area (Å²) < 4.78 is 17.9. The summed E-state index contributed by atoms with van der Waals surface area (Å²) in [6.45, 7) is 0. The molecular formula is C3H6O5P-. The average molecular weight is 153 g/mol. The minimum atomic E-state index is -4.38. The molecule has 0 spiro atoms. The fourth-order valence-electron chi connectivity index (χ4n) is 0.186. The van der Waals surface area contributed by atoms with E-state index < -0.39 is 13.3 Å². The molecule has 0 aliphatic rings. The van der Waals surface area contributed by atoms with Gasteiger partial charge in [-0.2, -0.15) is 0 Å². The van der Waals surface area contributed by atoms with E-state index >= 15 is 0 Å². The summed E-state index contributed by atoms with van der Waals surface area (Å²) in [7, 11) is -2.52. The number of carbonyl (C=O) groups excluding carboxylic acids is 1. The van der Waals surface area contributed by atoms with Crippen LogP contribution in [0.25, 0.3) is 0 Å². The molecule has 6 heteroatoms. The van der Waals surface area contributed by atoms with E-state index in [0.717, 1.165) is 14.2 Å². The third-order valence-electron chi connectivity index (χ3n) is 0.639. The Labute approximate surface area is 52.1 Å². The van der Waals surface area contributed by atoms with Gasteiger partial charge < -0.3 is 14.2 Å². The Kier molecular flexibility index (Phi) is 2.84. The van der Waals surface area contributed by atoms with Gasteiger partial charge in [-0.3, -0.25) is 4.57 Å². The van der Waals surface area contributed by atoms with Gasteiger partial charge >= 0.3 is 5.71 Å². The van der Waals surface area contributed by atoms with Gasteiger partial charge in [-0.15, -0.1) is 0 Å². The first-order valence-corrected chi connectivity index (χ1v) is 3.54. The fraction of sp³-hybridized carbons (Fsp3) is 0.667. The molecule has 0 N–H and O–H groups in total. The largest absolute Gasteiger partial charge is 0.770 e. The van der Waals surface area contributed by atoms with Crippen molar-refractivity contribution in [2.24, 2.45) is 0 Å². The number of ether oxygens (including phenoxy) is 1. The molecule has 0 saturated heterocycles. The highest BCUT2D eigenvalue weighted by Crippen LogP contribution is 2.37. The van der Waals surface area contributed by atoms with Gasteiger partial charge in [0.2, 0.25) is 7.60 Å². The molecule has 0 aliphatic heterocycles. The molecule has 0 aliphatic carbocycles. The Morgan fingerprint density at radius 3 is 2.11 bits per heavy atom. The predicted molar refractivity (Wildman–Crippen MR) is 27.0 cm³/mol. The van der Waals surface area contributed by atoms with Crippen molar-refractivity contribution in [3.05, 3.63) is 0 Å². The van der Waals surface area contributed by atoms with Crippen molar-refractivity contribution in [3.63, 3.8) is 0 Å². The number of carbonyl (C=O) groups is 1. The van der Waals surface area contributed by atoms with Crippen LogP contribution in [0.1, 0.15) is 0 Å². The van der Waals surface area contributed by atoms with E-state index in [0.29, 0.717) is 0 Å². The van der Waals surface area contributed by atoms with E-state index in [1.165, 1.54) is 0 Å². The summed E-state index contributed by atoms with van der Waals surface area (Å²) in [5.41, 5.74) is -1.36. The lowest BCUT2D eigenvalue weighted by Crippen LogP contribution is -2.12. The molecule has 9 heavy (non-hydrogen) atoms. The lowest BCUT2D eigenvalue weighted by molar-refractivity contribution is -0.193. The predicted octanol–water partition coefficient (Wildman–Crippen LogP) is -0.0474. The molecule has 1 unspecified atom stereocenters. The summed E-state index contributed by atoms with van der Waals surface area (Å²) in [4.78, 5) is 20.4. The first-order valence-electron chi connectivity index (χ1n) is 2.00. The Morgan fingerprint density at radius 1 is 1.56 bits per heavy atom. The van der Waals surface area contributed by atoms with Crippen LogP contribution in [0.5, 0.6) is 0 Å². The van der Waals surface area contributed by atoms with E-state index in [2.05, 4.69) is 9.26 Å². The Bertz CT molecular complexity index is 152. The minimum Gasteiger partial charge on any atom is -0.770 e. The molecule has 0 bridgehead atoms. The maximum atomic E-state index is 10.3. The minimum absolute atomic E-state index is 0.894. The second kappa shape index (κ2) is 2.96. The number of rotatable bonds is 2. The van der Waals surface area contributed by atoms with Gasteiger partial charge in [0.05, 0.1) is 7.11 Å². The average Bonchev–Trinajstić information content (AvgIpc) is 1.86. The van der Waals surface area contributed by atoms with Crippen molar-refractivity contribution in [1.29, 1.82) is 0 Å². The molecular weight excluding hydrogens is 147 g/mol. The fourth-order valence-corrected chi connectivity index (χ4v) is 0.559. The van der Waals surface area contributed by atoms with Crippen LogP contribution in [0, 0.1) is 0 Å². The lowest BCUT2D eigenvalue weighted by Gasteiger charge is -2.16. The van der Waals surface area contributed by atoms with Gasteiger partial charge in [0.1, 0.15) is 0 Å². The van der Waals surface area contributed by atoms with Crippen molar-refractivity contribution in [1.82, 2.24) is 0 Å². The molecule has 54 valence electrons. The van der Waals surface area contributed by atoms with Crippen molar-refractivity contribution >= 4 is 13.3 Å². The molecule has 5 nitrogen and oxygen atoms in total. The second-order valence-electron chi connectivity index (χ2n) is 1.15. The first-order chi connectivity index (χ1) is 4.04. The SMILES string of the molecule is COC(=O)P(=O)([O-])OC. The molecule has 0 amide bonds. The van der Waals surface area contributed by atoms with Gasteiger partial charge in [-0.25, -0.2) is 4.79 Å². The quantitative estimate of drug-likeness (QED) is 0.520. The van der Waals surface area contributed by atoms with Crippen LogP contribution in [-0.2, 0) is 13.8 Å². The third-order valence-corrected chi connectivity index (χ3v) is 1.75. The molecule has 0 aromatic rings. The normalized spacial score (nSPS) is 16.3. The molecule has 0 heterocycles. The van der Waals surface area contributed by atoms with Gasteiger partial charge in [0.15, 0.2) is 0 Å². The molecule has 0 saturated carbocycles. The highest BCUT2D eigenvalue weighted by atomic mass is 31.2. The maximum Gasteiger partial charge on any atom is 0.376 e. The van der Waals surface area contributed by atoms with Gasteiger partial charge in [-0.1, -0.05) is 0 Å². The van der Waals surface area contributed by atoms with Crippen LogP contribution < -0.4 is 4.89 Å². The second-order valence-corrected chi connectivity index (χ2v) is 2.88. The summed E-state index contributed by atoms with van der Waals surface area (Å²) >= 11 is 0. The van der Waals surface area contributed by atoms with Gasteiger partial charge in [0, 0.05) is 7.11 Å². The Hall–Kier alpha value is -0.380. The van der Waals surface area contributed by atoms with Crippen LogP contribution in [0.2, 0.25) is 0 Å². The summed E-state index contributed by atoms with van der Waals surface area (Å²) in [6.07, 6.45) is 0. The maximum absolute atomic E-state index is 10.3. The van der Waals surface area contributed by atoms with Crippen molar-refractivity contribution < 1.29 is 23.5 Å². The van der Waals surface area contributed by atoms with Crippen LogP contribution >= 0.6 is 7.60 Å². The van der Waals surface area contributed by atoms with Gasteiger partial charge in [0.25, 0.3) is 0 Å². The van der Waals surface area contributed by atoms with Crippen LogP contribution in [0.3, 0.4) is 0 Å². The smallest absolute Gasteiger partial charge is 0.376 e. The standard InChI is InChI=1S/C3H7O5P/c1-7-3(4)9(5,6)8-2/h1-2H3,(H,5,6)/p-1. The summed E-state index contributed by atoms with van der Waals surface area (Å²) in [5.74, 6) is 0. The topological polar surface area (TPSA) is 75.7 Å². The molecule has 1 atom stereocenters. The van der Waals surface area contributed by atoms with E-state index in [-0.39, 0.29) is 0 Å². The third kappa shape index (κ3) is 2.13. The highest BCUT2D eigenvalue weighted by molar-refractivity contribution is 7.69. The zero-order valence-corrected chi connectivity index (χ0v) is 5.88. The number of hydrogen-bond donors (Lipinski definition) is 0. The van der Waals surface area contributed by atoms with E-state index in [1.54, 1.807) is 0 Å². The molecule has 0 aromatic carbocycles. The number of methoxy groups -OCH3 is 1. The van der Waals surface area contributed by atoms with E-state index in [9.17, 15) is 14.3 Å². The van der Waals surface area contributed by atoms with E-state index in [1.807, 2.05) is 0 Å². The Morgan fingerprint density at radius 2 is 2.00 bits per heavy atom. The molecule has 0 rings (SSSR count). The lowest BCUT2D eigenvalue weighted by atomic mass is 11.5. The molecule has 0 fully saturated rings. The van der Waals surface area contributed by atoms with Crippen molar-refractivity contribution in [3.8, 4) is 0 Å². The van der Waals surface area contributed by atoms with Crippen LogP contribution in [0.4, 0.5) is 4.79 Å². The number of hydrogen-bond acceptors (Lipinski definition) is 5. The van der Waals surface area contributed by atoms with Crippen LogP contribution in [-0.4, -0.2) is 19.9 Å². The molecule has 0 aromatic heterocycles. The zero-order valence-electron chi connectivity index (χ0n) is 4.99. The monoisotopic (exact) mass is 153 g/mol. The Balaban J connectivity index is 4.16.